The molecule has 0 bridgehead atoms. The second kappa shape index (κ2) is 7.50. The van der Waals surface area contributed by atoms with Crippen molar-refractivity contribution in [3.63, 3.8) is 0 Å². The summed E-state index contributed by atoms with van der Waals surface area (Å²) >= 11 is 0. The number of anilines is 3. The molecule has 0 aliphatic carbocycles. The summed E-state index contributed by atoms with van der Waals surface area (Å²) in [6.45, 7) is 0.539. The lowest BCUT2D eigenvalue weighted by Gasteiger charge is -2.09. The van der Waals surface area contributed by atoms with Gasteiger partial charge in [0.05, 0.1) is 0 Å². The molecule has 0 aliphatic rings. The molecule has 4 nitrogen and oxygen atoms in total. The number of nitrogens with zero attached hydrogens (tertiary/aromatic N) is 2. The topological polar surface area (TPSA) is 49.8 Å². The van der Waals surface area contributed by atoms with Gasteiger partial charge in [0, 0.05) is 18.3 Å². The molecule has 0 unspecified atom stereocenters. The lowest BCUT2D eigenvalue weighted by molar-refractivity contribution is 0.610. The summed E-state index contributed by atoms with van der Waals surface area (Å²) in [5.74, 6) is 0.622. The van der Waals surface area contributed by atoms with Gasteiger partial charge >= 0.3 is 0 Å². The van der Waals surface area contributed by atoms with E-state index < -0.39 is 0 Å². The highest BCUT2D eigenvalue weighted by Gasteiger charge is 2.03. The van der Waals surface area contributed by atoms with E-state index in [1.54, 1.807) is 30.3 Å². The maximum absolute atomic E-state index is 13.6. The fourth-order valence-corrected chi connectivity index (χ4v) is 2.26. The molecule has 0 spiro atoms. The Kier molecular flexibility index (Phi) is 4.96. The molecule has 1 heterocycles. The maximum Gasteiger partial charge on any atom is 0.135 e. The number of halogens is 2. The summed E-state index contributed by atoms with van der Waals surface area (Å²) in [4.78, 5) is 8.22. The highest BCUT2D eigenvalue weighted by atomic mass is 19.1. The molecule has 2 N–H and O–H groups in total. The first-order chi connectivity index (χ1) is 11.7. The second-order valence-electron chi connectivity index (χ2n) is 5.19. The summed E-state index contributed by atoms with van der Waals surface area (Å²) in [5.41, 5.74) is 1.25. The Bertz CT molecular complexity index is 823. The van der Waals surface area contributed by atoms with Crippen LogP contribution >= 0.6 is 0 Å². The van der Waals surface area contributed by atoms with Gasteiger partial charge in [-0.15, -0.1) is 0 Å². The van der Waals surface area contributed by atoms with Gasteiger partial charge < -0.3 is 10.6 Å². The molecule has 0 saturated carbocycles. The Morgan fingerprint density at radius 3 is 2.54 bits per heavy atom. The molecular formula is C18H16F2N4. The van der Waals surface area contributed by atoms with E-state index in [9.17, 15) is 8.78 Å². The molecule has 3 rings (SSSR count). The van der Waals surface area contributed by atoms with E-state index in [1.807, 2.05) is 6.07 Å². The first kappa shape index (κ1) is 15.9. The first-order valence-corrected chi connectivity index (χ1v) is 7.52. The van der Waals surface area contributed by atoms with Crippen LogP contribution in [0.4, 0.5) is 26.1 Å². The van der Waals surface area contributed by atoms with Gasteiger partial charge in [-0.3, -0.25) is 0 Å². The Balaban J connectivity index is 1.60. The summed E-state index contributed by atoms with van der Waals surface area (Å²) in [5, 5.41) is 6.14. The SMILES string of the molecule is Fc1cccc(Nc2cc(NCCc3ccccc3F)ncn2)c1. The molecule has 1 aromatic heterocycles. The number of rotatable bonds is 6. The molecule has 0 amide bonds. The van der Waals surface area contributed by atoms with E-state index >= 15 is 0 Å². The van der Waals surface area contributed by atoms with Gasteiger partial charge in [-0.05, 0) is 36.2 Å². The minimum atomic E-state index is -0.322. The fraction of sp³-hybridized carbons (Fsp3) is 0.111. The molecule has 3 aromatic rings. The normalized spacial score (nSPS) is 10.4. The Morgan fingerprint density at radius 2 is 1.71 bits per heavy atom. The van der Waals surface area contributed by atoms with Crippen LogP contribution in [0.3, 0.4) is 0 Å². The van der Waals surface area contributed by atoms with Crippen molar-refractivity contribution in [3.05, 3.63) is 78.1 Å². The molecule has 0 atom stereocenters. The zero-order chi connectivity index (χ0) is 16.8. The van der Waals surface area contributed by atoms with Crippen LogP contribution in [0.25, 0.3) is 0 Å². The van der Waals surface area contributed by atoms with Gasteiger partial charge in [0.1, 0.15) is 29.6 Å². The fourth-order valence-electron chi connectivity index (χ4n) is 2.26. The minimum absolute atomic E-state index is 0.213. The van der Waals surface area contributed by atoms with Crippen molar-refractivity contribution in [3.8, 4) is 0 Å². The van der Waals surface area contributed by atoms with Crippen LogP contribution in [0.2, 0.25) is 0 Å². The van der Waals surface area contributed by atoms with Crippen LogP contribution in [0, 0.1) is 11.6 Å². The molecule has 0 aliphatic heterocycles. The Hall–Kier alpha value is -3.02. The van der Waals surface area contributed by atoms with Crippen molar-refractivity contribution in [2.45, 2.75) is 6.42 Å². The molecule has 0 fully saturated rings. The lowest BCUT2D eigenvalue weighted by atomic mass is 10.1. The summed E-state index contributed by atoms with van der Waals surface area (Å²) in [7, 11) is 0. The van der Waals surface area contributed by atoms with Crippen LogP contribution < -0.4 is 10.6 Å². The summed E-state index contributed by atoms with van der Waals surface area (Å²) in [6.07, 6.45) is 1.95. The average Bonchev–Trinajstić information content (AvgIpc) is 2.57. The van der Waals surface area contributed by atoms with E-state index in [-0.39, 0.29) is 11.6 Å². The van der Waals surface area contributed by atoms with Gasteiger partial charge in [0.15, 0.2) is 0 Å². The van der Waals surface area contributed by atoms with E-state index in [2.05, 4.69) is 20.6 Å². The van der Waals surface area contributed by atoms with Crippen molar-refractivity contribution in [1.29, 1.82) is 0 Å². The molecule has 0 radical (unpaired) electrons. The third-order valence-corrected chi connectivity index (χ3v) is 3.42. The predicted molar refractivity (Wildman–Crippen MR) is 90.3 cm³/mol. The molecule has 24 heavy (non-hydrogen) atoms. The van der Waals surface area contributed by atoms with Crippen molar-refractivity contribution in [2.24, 2.45) is 0 Å². The highest BCUT2D eigenvalue weighted by Crippen LogP contribution is 2.17. The molecule has 0 saturated heterocycles. The van der Waals surface area contributed by atoms with E-state index in [0.717, 1.165) is 0 Å². The number of benzene rings is 2. The van der Waals surface area contributed by atoms with Crippen molar-refractivity contribution < 1.29 is 8.78 Å². The Morgan fingerprint density at radius 1 is 0.875 bits per heavy atom. The zero-order valence-corrected chi connectivity index (χ0v) is 12.8. The average molecular weight is 326 g/mol. The van der Waals surface area contributed by atoms with Crippen molar-refractivity contribution in [2.75, 3.05) is 17.2 Å². The van der Waals surface area contributed by atoms with E-state index in [1.165, 1.54) is 24.5 Å². The molecule has 122 valence electrons. The number of aromatic nitrogens is 2. The quantitative estimate of drug-likeness (QED) is 0.714. The molecular weight excluding hydrogens is 310 g/mol. The van der Waals surface area contributed by atoms with Crippen LogP contribution in [0.5, 0.6) is 0 Å². The van der Waals surface area contributed by atoms with Crippen LogP contribution in [-0.4, -0.2) is 16.5 Å². The zero-order valence-electron chi connectivity index (χ0n) is 12.8. The monoisotopic (exact) mass is 326 g/mol. The maximum atomic E-state index is 13.6. The minimum Gasteiger partial charge on any atom is -0.370 e. The van der Waals surface area contributed by atoms with Crippen LogP contribution in [0.1, 0.15) is 5.56 Å². The van der Waals surface area contributed by atoms with Crippen molar-refractivity contribution >= 4 is 17.3 Å². The largest absolute Gasteiger partial charge is 0.370 e. The van der Waals surface area contributed by atoms with Gasteiger partial charge in [-0.1, -0.05) is 24.3 Å². The molecule has 2 aromatic carbocycles. The second-order valence-corrected chi connectivity index (χ2v) is 5.19. The predicted octanol–water partition coefficient (Wildman–Crippen LogP) is 4.15. The third-order valence-electron chi connectivity index (χ3n) is 3.42. The standard InChI is InChI=1S/C18H16F2N4/c19-14-5-3-6-15(10-14)24-18-11-17(22-12-23-18)21-9-8-13-4-1-2-7-16(13)20/h1-7,10-12H,8-9H2,(H2,21,22,23,24). The van der Waals surface area contributed by atoms with Gasteiger partial charge in [-0.2, -0.15) is 0 Å². The third kappa shape index (κ3) is 4.25. The van der Waals surface area contributed by atoms with Crippen LogP contribution in [0.15, 0.2) is 60.9 Å². The first-order valence-electron chi connectivity index (χ1n) is 7.52. The Labute approximate surface area is 138 Å². The van der Waals surface area contributed by atoms with Gasteiger partial charge in [0.25, 0.3) is 0 Å². The number of hydrogen-bond acceptors (Lipinski definition) is 4. The summed E-state index contributed by atoms with van der Waals surface area (Å²) < 4.78 is 26.8. The van der Waals surface area contributed by atoms with E-state index in [4.69, 9.17) is 0 Å². The lowest BCUT2D eigenvalue weighted by Crippen LogP contribution is -2.08. The highest BCUT2D eigenvalue weighted by molar-refractivity contribution is 5.58. The van der Waals surface area contributed by atoms with Crippen LogP contribution in [-0.2, 0) is 6.42 Å². The smallest absolute Gasteiger partial charge is 0.135 e. The van der Waals surface area contributed by atoms with Gasteiger partial charge in [0.2, 0.25) is 0 Å². The number of nitrogens with one attached hydrogen (secondary N) is 2. The van der Waals surface area contributed by atoms with Crippen molar-refractivity contribution in [1.82, 2.24) is 9.97 Å². The van der Waals surface area contributed by atoms with E-state index in [0.29, 0.717) is 35.9 Å². The summed E-state index contributed by atoms with van der Waals surface area (Å²) in [6, 6.07) is 14.5. The number of hydrogen-bond donors (Lipinski definition) is 2. The molecule has 6 heteroatoms. The van der Waals surface area contributed by atoms with Gasteiger partial charge in [-0.25, -0.2) is 18.7 Å².